The number of rotatable bonds is 2. The average Bonchev–Trinajstić information content (AvgIpc) is 2.41. The summed E-state index contributed by atoms with van der Waals surface area (Å²) in [7, 11) is 0. The Balaban J connectivity index is 2.03. The highest BCUT2D eigenvalue weighted by atomic mass is 79.9. The van der Waals surface area contributed by atoms with Gasteiger partial charge in [-0.3, -0.25) is 4.98 Å². The van der Waals surface area contributed by atoms with Crippen molar-refractivity contribution in [2.75, 3.05) is 0 Å². The largest absolute Gasteiger partial charge is 0.457 e. The molecular formula is C15H9BrClNO. The number of benzene rings is 2. The molecule has 0 unspecified atom stereocenters. The Hall–Kier alpha value is -1.58. The van der Waals surface area contributed by atoms with Crippen LogP contribution in [0.3, 0.4) is 0 Å². The molecule has 19 heavy (non-hydrogen) atoms. The Morgan fingerprint density at radius 1 is 1.00 bits per heavy atom. The quantitative estimate of drug-likeness (QED) is 0.622. The van der Waals surface area contributed by atoms with Crippen LogP contribution in [-0.2, 0) is 0 Å². The van der Waals surface area contributed by atoms with Crippen LogP contribution in [0.2, 0.25) is 5.02 Å². The number of nitrogens with zero attached hydrogens (tertiary/aromatic N) is 1. The van der Waals surface area contributed by atoms with Gasteiger partial charge in [-0.2, -0.15) is 0 Å². The molecule has 3 aromatic rings. The third-order valence-electron chi connectivity index (χ3n) is 2.71. The van der Waals surface area contributed by atoms with Crippen molar-refractivity contribution in [3.05, 3.63) is 64.2 Å². The molecule has 0 bridgehead atoms. The molecule has 0 N–H and O–H groups in total. The number of hydrogen-bond acceptors (Lipinski definition) is 2. The Morgan fingerprint density at radius 3 is 2.58 bits per heavy atom. The van der Waals surface area contributed by atoms with Gasteiger partial charge in [-0.25, -0.2) is 0 Å². The summed E-state index contributed by atoms with van der Waals surface area (Å²) >= 11 is 9.36. The van der Waals surface area contributed by atoms with Crippen molar-refractivity contribution in [2.24, 2.45) is 0 Å². The number of ether oxygens (including phenoxy) is 1. The fraction of sp³-hybridized carbons (Fsp3) is 0. The van der Waals surface area contributed by atoms with E-state index in [0.29, 0.717) is 5.02 Å². The fourth-order valence-electron chi connectivity index (χ4n) is 1.81. The summed E-state index contributed by atoms with van der Waals surface area (Å²) in [4.78, 5) is 4.29. The van der Waals surface area contributed by atoms with Crippen LogP contribution in [0.1, 0.15) is 0 Å². The summed E-state index contributed by atoms with van der Waals surface area (Å²) in [5.74, 6) is 1.55. The molecule has 0 radical (unpaired) electrons. The summed E-state index contributed by atoms with van der Waals surface area (Å²) in [6, 6.07) is 15.1. The Bertz CT molecular complexity index is 728. The van der Waals surface area contributed by atoms with E-state index in [1.165, 1.54) is 0 Å². The first-order valence-electron chi connectivity index (χ1n) is 5.70. The molecular weight excluding hydrogens is 326 g/mol. The molecule has 1 aromatic heterocycles. The van der Waals surface area contributed by atoms with E-state index < -0.39 is 0 Å². The molecule has 0 aliphatic heterocycles. The Labute approximate surface area is 124 Å². The number of hydrogen-bond donors (Lipinski definition) is 0. The van der Waals surface area contributed by atoms with Crippen molar-refractivity contribution in [2.45, 2.75) is 0 Å². The normalized spacial score (nSPS) is 10.6. The second-order valence-electron chi connectivity index (χ2n) is 4.03. The Morgan fingerprint density at radius 2 is 1.79 bits per heavy atom. The zero-order chi connectivity index (χ0) is 13.2. The lowest BCUT2D eigenvalue weighted by atomic mass is 10.2. The topological polar surface area (TPSA) is 22.1 Å². The highest BCUT2D eigenvalue weighted by molar-refractivity contribution is 9.10. The molecule has 0 aliphatic carbocycles. The van der Waals surface area contributed by atoms with E-state index >= 15 is 0 Å². The maximum absolute atomic E-state index is 5.96. The van der Waals surface area contributed by atoms with Gasteiger partial charge in [0.2, 0.25) is 0 Å². The van der Waals surface area contributed by atoms with Crippen molar-refractivity contribution in [1.29, 1.82) is 0 Å². The van der Waals surface area contributed by atoms with Crippen LogP contribution >= 0.6 is 27.5 Å². The van der Waals surface area contributed by atoms with E-state index in [0.717, 1.165) is 26.9 Å². The van der Waals surface area contributed by atoms with Gasteiger partial charge in [0.05, 0.1) is 5.52 Å². The predicted octanol–water partition coefficient (Wildman–Crippen LogP) is 5.44. The van der Waals surface area contributed by atoms with Crippen molar-refractivity contribution in [1.82, 2.24) is 4.98 Å². The lowest BCUT2D eigenvalue weighted by Crippen LogP contribution is -1.87. The fourth-order valence-corrected chi connectivity index (χ4v) is 2.24. The molecule has 2 aromatic carbocycles. The summed E-state index contributed by atoms with van der Waals surface area (Å²) < 4.78 is 6.90. The lowest BCUT2D eigenvalue weighted by molar-refractivity contribution is 0.488. The van der Waals surface area contributed by atoms with Crippen LogP contribution in [0.5, 0.6) is 11.5 Å². The lowest BCUT2D eigenvalue weighted by Gasteiger charge is -2.08. The molecule has 2 nitrogen and oxygen atoms in total. The zero-order valence-corrected chi connectivity index (χ0v) is 12.1. The number of fused-ring (bicyclic) bond motifs is 1. The van der Waals surface area contributed by atoms with E-state index in [1.807, 2.05) is 48.5 Å². The molecule has 0 spiro atoms. The van der Waals surface area contributed by atoms with Gasteiger partial charge < -0.3 is 4.74 Å². The number of aromatic nitrogens is 1. The van der Waals surface area contributed by atoms with Crippen molar-refractivity contribution < 1.29 is 4.74 Å². The average molecular weight is 335 g/mol. The summed E-state index contributed by atoms with van der Waals surface area (Å²) in [5, 5.41) is 1.61. The highest BCUT2D eigenvalue weighted by Gasteiger charge is 2.05. The first kappa shape index (κ1) is 12.5. The van der Waals surface area contributed by atoms with Crippen molar-refractivity contribution in [3.8, 4) is 11.5 Å². The van der Waals surface area contributed by atoms with E-state index in [4.69, 9.17) is 16.3 Å². The van der Waals surface area contributed by atoms with E-state index in [1.54, 1.807) is 6.20 Å². The third kappa shape index (κ3) is 2.72. The number of halogens is 2. The molecule has 3 rings (SSSR count). The van der Waals surface area contributed by atoms with Gasteiger partial charge in [-0.15, -0.1) is 0 Å². The SMILES string of the molecule is Clc1ccc2c(Oc3ccc(Br)cc3)ccnc2c1. The molecule has 0 fully saturated rings. The summed E-state index contributed by atoms with van der Waals surface area (Å²) in [5.41, 5.74) is 0.821. The van der Waals surface area contributed by atoms with Crippen molar-refractivity contribution in [3.63, 3.8) is 0 Å². The van der Waals surface area contributed by atoms with E-state index in [9.17, 15) is 0 Å². The Kier molecular flexibility index (Phi) is 3.40. The van der Waals surface area contributed by atoms with E-state index in [2.05, 4.69) is 20.9 Å². The zero-order valence-electron chi connectivity index (χ0n) is 9.81. The van der Waals surface area contributed by atoms with Gasteiger partial charge in [-0.05, 0) is 48.5 Å². The van der Waals surface area contributed by atoms with Crippen LogP contribution in [0.4, 0.5) is 0 Å². The van der Waals surface area contributed by atoms with Gasteiger partial charge in [0.25, 0.3) is 0 Å². The van der Waals surface area contributed by atoms with Crippen LogP contribution in [-0.4, -0.2) is 4.98 Å². The molecule has 0 atom stereocenters. The van der Waals surface area contributed by atoms with Crippen molar-refractivity contribution >= 4 is 38.4 Å². The molecule has 0 saturated heterocycles. The monoisotopic (exact) mass is 333 g/mol. The minimum Gasteiger partial charge on any atom is -0.457 e. The maximum Gasteiger partial charge on any atom is 0.138 e. The summed E-state index contributed by atoms with van der Waals surface area (Å²) in [6.07, 6.45) is 1.72. The molecule has 94 valence electrons. The van der Waals surface area contributed by atoms with Crippen LogP contribution in [0, 0.1) is 0 Å². The van der Waals surface area contributed by atoms with Gasteiger partial charge in [-0.1, -0.05) is 27.5 Å². The highest BCUT2D eigenvalue weighted by Crippen LogP contribution is 2.30. The maximum atomic E-state index is 5.96. The first-order chi connectivity index (χ1) is 9.22. The van der Waals surface area contributed by atoms with Gasteiger partial charge >= 0.3 is 0 Å². The second-order valence-corrected chi connectivity index (χ2v) is 5.38. The second kappa shape index (κ2) is 5.19. The van der Waals surface area contributed by atoms with Crippen LogP contribution in [0.25, 0.3) is 10.9 Å². The third-order valence-corrected chi connectivity index (χ3v) is 3.47. The smallest absolute Gasteiger partial charge is 0.138 e. The molecule has 0 amide bonds. The minimum atomic E-state index is 0.667. The minimum absolute atomic E-state index is 0.667. The molecule has 0 aliphatic rings. The van der Waals surface area contributed by atoms with Gasteiger partial charge in [0, 0.05) is 21.1 Å². The summed E-state index contributed by atoms with van der Waals surface area (Å²) in [6.45, 7) is 0. The van der Waals surface area contributed by atoms with Gasteiger partial charge in [0.1, 0.15) is 11.5 Å². The first-order valence-corrected chi connectivity index (χ1v) is 6.87. The van der Waals surface area contributed by atoms with Crippen LogP contribution < -0.4 is 4.74 Å². The molecule has 4 heteroatoms. The van der Waals surface area contributed by atoms with Crippen LogP contribution in [0.15, 0.2) is 59.2 Å². The van der Waals surface area contributed by atoms with Gasteiger partial charge in [0.15, 0.2) is 0 Å². The molecule has 1 heterocycles. The van der Waals surface area contributed by atoms with E-state index in [-0.39, 0.29) is 0 Å². The molecule has 0 saturated carbocycles. The standard InChI is InChI=1S/C15H9BrClNO/c16-10-1-4-12(5-2-10)19-15-7-8-18-14-9-11(17)3-6-13(14)15/h1-9H. The number of pyridine rings is 1. The predicted molar refractivity (Wildman–Crippen MR) is 81.0 cm³/mol.